The lowest BCUT2D eigenvalue weighted by Gasteiger charge is -2.27. The summed E-state index contributed by atoms with van der Waals surface area (Å²) < 4.78 is 10.9. The molecule has 0 saturated carbocycles. The Bertz CT molecular complexity index is 439. The smallest absolute Gasteiger partial charge is 0.122 e. The average molecular weight is 265 g/mol. The fourth-order valence-corrected chi connectivity index (χ4v) is 2.79. The Morgan fingerprint density at radius 3 is 2.53 bits per heavy atom. The van der Waals surface area contributed by atoms with Crippen LogP contribution in [0.3, 0.4) is 0 Å². The van der Waals surface area contributed by atoms with E-state index in [1.807, 2.05) is 19.1 Å². The van der Waals surface area contributed by atoms with Crippen LogP contribution in [0.1, 0.15) is 17.5 Å². The minimum absolute atomic E-state index is 0.0758. The van der Waals surface area contributed by atoms with Crippen LogP contribution in [-0.4, -0.2) is 39.0 Å². The van der Waals surface area contributed by atoms with Gasteiger partial charge in [-0.1, -0.05) is 0 Å². The highest BCUT2D eigenvalue weighted by Crippen LogP contribution is 2.36. The third kappa shape index (κ3) is 2.85. The number of rotatable bonds is 5. The van der Waals surface area contributed by atoms with E-state index >= 15 is 0 Å². The number of hydrogen-bond donors (Lipinski definition) is 2. The van der Waals surface area contributed by atoms with Gasteiger partial charge in [-0.25, -0.2) is 0 Å². The molecule has 106 valence electrons. The average Bonchev–Trinajstić information content (AvgIpc) is 2.89. The van der Waals surface area contributed by atoms with Gasteiger partial charge in [0, 0.05) is 12.0 Å². The van der Waals surface area contributed by atoms with Crippen LogP contribution in [0.5, 0.6) is 11.5 Å². The normalized spacial score (nSPS) is 22.5. The second-order valence-corrected chi connectivity index (χ2v) is 5.40. The summed E-state index contributed by atoms with van der Waals surface area (Å²) in [6.45, 7) is 4.01. The summed E-state index contributed by atoms with van der Waals surface area (Å²) >= 11 is 0. The molecule has 1 unspecified atom stereocenters. The molecule has 1 aliphatic rings. The van der Waals surface area contributed by atoms with Gasteiger partial charge in [-0.3, -0.25) is 0 Å². The summed E-state index contributed by atoms with van der Waals surface area (Å²) in [5.41, 5.74) is 2.08. The predicted octanol–water partition coefficient (Wildman–Crippen LogP) is 1.53. The molecule has 0 spiro atoms. The van der Waals surface area contributed by atoms with Crippen molar-refractivity contribution in [1.29, 1.82) is 0 Å². The van der Waals surface area contributed by atoms with Gasteiger partial charge in [-0.2, -0.15) is 0 Å². The molecule has 4 heteroatoms. The first kappa shape index (κ1) is 14.2. The van der Waals surface area contributed by atoms with Gasteiger partial charge >= 0.3 is 0 Å². The van der Waals surface area contributed by atoms with Crippen molar-refractivity contribution in [2.75, 3.05) is 33.9 Å². The molecule has 4 nitrogen and oxygen atoms in total. The lowest BCUT2D eigenvalue weighted by Crippen LogP contribution is -2.30. The number of nitrogens with one attached hydrogen (secondary N) is 1. The first-order valence-electron chi connectivity index (χ1n) is 6.67. The van der Waals surface area contributed by atoms with Crippen LogP contribution >= 0.6 is 0 Å². The Kier molecular flexibility index (Phi) is 4.32. The Morgan fingerprint density at radius 2 is 2.00 bits per heavy atom. The van der Waals surface area contributed by atoms with E-state index in [4.69, 9.17) is 9.47 Å². The molecule has 2 rings (SSSR count). The summed E-state index contributed by atoms with van der Waals surface area (Å²) in [6, 6.07) is 4.03. The van der Waals surface area contributed by atoms with Crippen LogP contribution in [0.2, 0.25) is 0 Å². The first-order valence-corrected chi connectivity index (χ1v) is 6.67. The lowest BCUT2D eigenvalue weighted by atomic mass is 9.81. The first-order chi connectivity index (χ1) is 9.14. The molecule has 0 aromatic heterocycles. The second kappa shape index (κ2) is 5.80. The number of hydrogen-bond acceptors (Lipinski definition) is 4. The van der Waals surface area contributed by atoms with E-state index in [1.165, 1.54) is 0 Å². The number of ether oxygens (including phenoxy) is 2. The zero-order chi connectivity index (χ0) is 13.9. The second-order valence-electron chi connectivity index (χ2n) is 5.40. The van der Waals surface area contributed by atoms with E-state index in [0.29, 0.717) is 0 Å². The number of aliphatic hydroxyl groups is 1. The van der Waals surface area contributed by atoms with Crippen LogP contribution in [0.4, 0.5) is 0 Å². The molecule has 0 bridgehead atoms. The molecule has 0 aliphatic carbocycles. The van der Waals surface area contributed by atoms with Gasteiger partial charge in [-0.05, 0) is 49.6 Å². The van der Waals surface area contributed by atoms with Gasteiger partial charge in [-0.15, -0.1) is 0 Å². The van der Waals surface area contributed by atoms with Crippen LogP contribution in [0.25, 0.3) is 0 Å². The number of methoxy groups -OCH3 is 2. The summed E-state index contributed by atoms with van der Waals surface area (Å²) in [7, 11) is 3.36. The maximum atomic E-state index is 9.71. The molecule has 1 aromatic rings. The minimum Gasteiger partial charge on any atom is -0.496 e. The summed E-state index contributed by atoms with van der Waals surface area (Å²) in [5.74, 6) is 1.74. The highest BCUT2D eigenvalue weighted by molar-refractivity contribution is 5.46. The maximum Gasteiger partial charge on any atom is 0.122 e. The van der Waals surface area contributed by atoms with Gasteiger partial charge in [0.1, 0.15) is 11.5 Å². The maximum absolute atomic E-state index is 9.71. The van der Waals surface area contributed by atoms with Crippen LogP contribution in [-0.2, 0) is 6.42 Å². The number of aryl methyl sites for hydroxylation is 1. The molecule has 1 atom stereocenters. The van der Waals surface area contributed by atoms with Gasteiger partial charge in [0.25, 0.3) is 0 Å². The molecule has 1 heterocycles. The van der Waals surface area contributed by atoms with Crippen molar-refractivity contribution >= 4 is 0 Å². The Labute approximate surface area is 114 Å². The molecule has 2 N–H and O–H groups in total. The van der Waals surface area contributed by atoms with Crippen molar-refractivity contribution in [1.82, 2.24) is 5.32 Å². The van der Waals surface area contributed by atoms with Crippen molar-refractivity contribution in [2.45, 2.75) is 19.8 Å². The van der Waals surface area contributed by atoms with Crippen molar-refractivity contribution in [3.05, 3.63) is 23.3 Å². The Hall–Kier alpha value is -1.26. The van der Waals surface area contributed by atoms with Gasteiger partial charge in [0.15, 0.2) is 0 Å². The topological polar surface area (TPSA) is 50.7 Å². The van der Waals surface area contributed by atoms with Crippen LogP contribution in [0.15, 0.2) is 12.1 Å². The molecule has 1 fully saturated rings. The fraction of sp³-hybridized carbons (Fsp3) is 0.600. The van der Waals surface area contributed by atoms with E-state index < -0.39 is 0 Å². The number of aliphatic hydroxyl groups excluding tert-OH is 1. The summed E-state index contributed by atoms with van der Waals surface area (Å²) in [6.07, 6.45) is 1.79. The Morgan fingerprint density at radius 1 is 1.26 bits per heavy atom. The molecule has 0 amide bonds. The quantitative estimate of drug-likeness (QED) is 0.847. The van der Waals surface area contributed by atoms with E-state index in [2.05, 4.69) is 5.32 Å². The zero-order valence-corrected chi connectivity index (χ0v) is 12.0. The highest BCUT2D eigenvalue weighted by Gasteiger charge is 2.34. The molecule has 1 saturated heterocycles. The Balaban J connectivity index is 2.32. The summed E-state index contributed by atoms with van der Waals surface area (Å²) in [4.78, 5) is 0. The third-order valence-corrected chi connectivity index (χ3v) is 4.03. The van der Waals surface area contributed by atoms with Gasteiger partial charge < -0.3 is 19.9 Å². The monoisotopic (exact) mass is 265 g/mol. The van der Waals surface area contributed by atoms with Crippen molar-refractivity contribution in [3.63, 3.8) is 0 Å². The largest absolute Gasteiger partial charge is 0.496 e. The van der Waals surface area contributed by atoms with Crippen molar-refractivity contribution < 1.29 is 14.6 Å². The summed E-state index contributed by atoms with van der Waals surface area (Å²) in [5, 5.41) is 13.0. The molecular weight excluding hydrogens is 242 g/mol. The van der Waals surface area contributed by atoms with Gasteiger partial charge in [0.2, 0.25) is 0 Å². The van der Waals surface area contributed by atoms with Crippen LogP contribution < -0.4 is 14.8 Å². The predicted molar refractivity (Wildman–Crippen MR) is 75.0 cm³/mol. The van der Waals surface area contributed by atoms with E-state index in [1.54, 1.807) is 14.2 Å². The zero-order valence-electron chi connectivity index (χ0n) is 12.0. The van der Waals surface area contributed by atoms with Crippen LogP contribution in [0, 0.1) is 12.3 Å². The lowest BCUT2D eigenvalue weighted by molar-refractivity contribution is 0.142. The third-order valence-electron chi connectivity index (χ3n) is 4.03. The van der Waals surface area contributed by atoms with Crippen molar-refractivity contribution in [3.8, 4) is 11.5 Å². The highest BCUT2D eigenvalue weighted by atomic mass is 16.5. The molecular formula is C15H23NO3. The molecule has 19 heavy (non-hydrogen) atoms. The van der Waals surface area contributed by atoms with Crippen molar-refractivity contribution in [2.24, 2.45) is 5.41 Å². The SMILES string of the molecule is COc1cc(CC2(CO)CCNC2)c(OC)cc1C. The fourth-order valence-electron chi connectivity index (χ4n) is 2.79. The van der Waals surface area contributed by atoms with E-state index in [-0.39, 0.29) is 12.0 Å². The van der Waals surface area contributed by atoms with E-state index in [0.717, 1.165) is 48.6 Å². The number of benzene rings is 1. The van der Waals surface area contributed by atoms with E-state index in [9.17, 15) is 5.11 Å². The molecule has 0 radical (unpaired) electrons. The standard InChI is InChI=1S/C15H23NO3/c1-11-6-14(19-3)12(7-13(11)18-2)8-15(10-17)4-5-16-9-15/h6-7,16-17H,4-5,8-10H2,1-3H3. The van der Waals surface area contributed by atoms with Gasteiger partial charge in [0.05, 0.1) is 20.8 Å². The minimum atomic E-state index is -0.0758. The molecule has 1 aromatic carbocycles. The molecule has 1 aliphatic heterocycles.